The SMILES string of the molecule is COc1ccc(OC)c(Nc2nccc(N3CCN(C=O)CC3)n2)c1. The van der Waals surface area contributed by atoms with Crippen LogP contribution in [-0.4, -0.2) is 61.7 Å². The van der Waals surface area contributed by atoms with E-state index in [1.807, 2.05) is 24.3 Å². The van der Waals surface area contributed by atoms with Crippen LogP contribution < -0.4 is 19.7 Å². The van der Waals surface area contributed by atoms with Crippen LogP contribution in [0.1, 0.15) is 0 Å². The van der Waals surface area contributed by atoms with Gasteiger partial charge in [0.15, 0.2) is 0 Å². The van der Waals surface area contributed by atoms with Crippen molar-refractivity contribution in [3.63, 3.8) is 0 Å². The van der Waals surface area contributed by atoms with Crippen LogP contribution in [-0.2, 0) is 4.79 Å². The minimum absolute atomic E-state index is 0.474. The third-order valence-corrected chi connectivity index (χ3v) is 4.08. The van der Waals surface area contributed by atoms with Gasteiger partial charge in [-0.15, -0.1) is 0 Å². The minimum atomic E-state index is 0.474. The smallest absolute Gasteiger partial charge is 0.229 e. The number of methoxy groups -OCH3 is 2. The summed E-state index contributed by atoms with van der Waals surface area (Å²) < 4.78 is 10.6. The number of rotatable bonds is 6. The van der Waals surface area contributed by atoms with Gasteiger partial charge in [0, 0.05) is 38.4 Å². The van der Waals surface area contributed by atoms with Crippen molar-refractivity contribution in [3.05, 3.63) is 30.5 Å². The molecule has 132 valence electrons. The second kappa shape index (κ2) is 7.69. The van der Waals surface area contributed by atoms with Crippen LogP contribution >= 0.6 is 0 Å². The zero-order valence-electron chi connectivity index (χ0n) is 14.3. The number of carbonyl (C=O) groups is 1. The molecule has 1 aromatic carbocycles. The van der Waals surface area contributed by atoms with Crippen molar-refractivity contribution in [2.75, 3.05) is 50.6 Å². The molecule has 1 aromatic heterocycles. The number of carbonyl (C=O) groups excluding carboxylic acids is 1. The number of hydrogen-bond acceptors (Lipinski definition) is 7. The van der Waals surface area contributed by atoms with Gasteiger partial charge in [-0.2, -0.15) is 4.98 Å². The summed E-state index contributed by atoms with van der Waals surface area (Å²) >= 11 is 0. The van der Waals surface area contributed by atoms with Crippen molar-refractivity contribution in [3.8, 4) is 11.5 Å². The molecule has 8 heteroatoms. The number of aromatic nitrogens is 2. The molecule has 3 rings (SSSR count). The van der Waals surface area contributed by atoms with E-state index in [0.717, 1.165) is 31.0 Å². The maximum Gasteiger partial charge on any atom is 0.229 e. The Morgan fingerprint density at radius 2 is 1.92 bits per heavy atom. The van der Waals surface area contributed by atoms with E-state index in [1.165, 1.54) is 0 Å². The van der Waals surface area contributed by atoms with Gasteiger partial charge in [0.2, 0.25) is 12.4 Å². The first-order chi connectivity index (χ1) is 12.2. The fourth-order valence-corrected chi connectivity index (χ4v) is 2.67. The minimum Gasteiger partial charge on any atom is -0.497 e. The number of piperazine rings is 1. The largest absolute Gasteiger partial charge is 0.497 e. The van der Waals surface area contributed by atoms with E-state index >= 15 is 0 Å². The topological polar surface area (TPSA) is 79.8 Å². The van der Waals surface area contributed by atoms with Gasteiger partial charge in [-0.05, 0) is 18.2 Å². The summed E-state index contributed by atoms with van der Waals surface area (Å²) in [4.78, 5) is 23.6. The van der Waals surface area contributed by atoms with E-state index < -0.39 is 0 Å². The monoisotopic (exact) mass is 343 g/mol. The van der Waals surface area contributed by atoms with Gasteiger partial charge in [0.1, 0.15) is 17.3 Å². The van der Waals surface area contributed by atoms with Crippen LogP contribution in [0.2, 0.25) is 0 Å². The highest BCUT2D eigenvalue weighted by Gasteiger charge is 2.17. The zero-order chi connectivity index (χ0) is 17.6. The molecular weight excluding hydrogens is 322 g/mol. The van der Waals surface area contributed by atoms with Crippen LogP contribution in [0.3, 0.4) is 0 Å². The Bertz CT molecular complexity index is 732. The maximum absolute atomic E-state index is 10.8. The Kier molecular flexibility index (Phi) is 5.17. The Morgan fingerprint density at radius 1 is 1.12 bits per heavy atom. The lowest BCUT2D eigenvalue weighted by atomic mass is 10.2. The lowest BCUT2D eigenvalue weighted by Crippen LogP contribution is -2.46. The van der Waals surface area contributed by atoms with Crippen LogP contribution in [0.15, 0.2) is 30.5 Å². The van der Waals surface area contributed by atoms with E-state index in [-0.39, 0.29) is 0 Å². The maximum atomic E-state index is 10.8. The number of amides is 1. The second-order valence-corrected chi connectivity index (χ2v) is 5.56. The molecule has 1 saturated heterocycles. The molecule has 1 fully saturated rings. The fourth-order valence-electron chi connectivity index (χ4n) is 2.67. The van der Waals surface area contributed by atoms with Gasteiger partial charge in [-0.3, -0.25) is 4.79 Å². The Balaban J connectivity index is 1.77. The van der Waals surface area contributed by atoms with E-state index in [2.05, 4.69) is 20.2 Å². The van der Waals surface area contributed by atoms with Crippen LogP contribution in [0.4, 0.5) is 17.5 Å². The Hall–Kier alpha value is -3.03. The molecule has 0 unspecified atom stereocenters. The van der Waals surface area contributed by atoms with Gasteiger partial charge in [0.25, 0.3) is 0 Å². The molecule has 0 radical (unpaired) electrons. The van der Waals surface area contributed by atoms with E-state index in [0.29, 0.717) is 30.5 Å². The van der Waals surface area contributed by atoms with Crippen molar-refractivity contribution in [1.29, 1.82) is 0 Å². The normalized spacial score (nSPS) is 14.2. The summed E-state index contributed by atoms with van der Waals surface area (Å²) in [5, 5.41) is 3.18. The number of ether oxygens (including phenoxy) is 2. The van der Waals surface area contributed by atoms with E-state index in [9.17, 15) is 4.79 Å². The molecule has 0 bridgehead atoms. The Labute approximate surface area is 146 Å². The van der Waals surface area contributed by atoms with E-state index in [4.69, 9.17) is 9.47 Å². The summed E-state index contributed by atoms with van der Waals surface area (Å²) in [5.74, 6) is 2.69. The lowest BCUT2D eigenvalue weighted by molar-refractivity contribution is -0.118. The molecule has 1 aliphatic heterocycles. The molecule has 0 spiro atoms. The first kappa shape index (κ1) is 16.8. The van der Waals surface area contributed by atoms with Gasteiger partial charge < -0.3 is 24.6 Å². The third-order valence-electron chi connectivity index (χ3n) is 4.08. The summed E-state index contributed by atoms with van der Waals surface area (Å²) in [6, 6.07) is 7.35. The second-order valence-electron chi connectivity index (χ2n) is 5.56. The van der Waals surface area contributed by atoms with Crippen molar-refractivity contribution >= 4 is 23.9 Å². The highest BCUT2D eigenvalue weighted by Crippen LogP contribution is 2.30. The highest BCUT2D eigenvalue weighted by atomic mass is 16.5. The third kappa shape index (κ3) is 3.90. The molecule has 2 heterocycles. The number of hydrogen-bond donors (Lipinski definition) is 1. The molecule has 1 amide bonds. The first-order valence-electron chi connectivity index (χ1n) is 8.00. The lowest BCUT2D eigenvalue weighted by Gasteiger charge is -2.33. The van der Waals surface area contributed by atoms with Gasteiger partial charge in [0.05, 0.1) is 19.9 Å². The number of benzene rings is 1. The predicted molar refractivity (Wildman–Crippen MR) is 94.7 cm³/mol. The molecule has 0 saturated carbocycles. The zero-order valence-corrected chi connectivity index (χ0v) is 14.3. The van der Waals surface area contributed by atoms with Gasteiger partial charge in [-0.1, -0.05) is 0 Å². The fraction of sp³-hybridized carbons (Fsp3) is 0.353. The molecule has 25 heavy (non-hydrogen) atoms. The quantitative estimate of drug-likeness (QED) is 0.797. The van der Waals surface area contributed by atoms with Crippen molar-refractivity contribution in [2.24, 2.45) is 0 Å². The van der Waals surface area contributed by atoms with Gasteiger partial charge >= 0.3 is 0 Å². The molecule has 1 N–H and O–H groups in total. The molecular formula is C17H21N5O3. The van der Waals surface area contributed by atoms with Crippen molar-refractivity contribution < 1.29 is 14.3 Å². The molecule has 0 aliphatic carbocycles. The standard InChI is InChI=1S/C17H21N5O3/c1-24-13-3-4-15(25-2)14(11-13)19-17-18-6-5-16(20-17)22-9-7-21(12-23)8-10-22/h3-6,11-12H,7-10H2,1-2H3,(H,18,19,20). The Morgan fingerprint density at radius 3 is 2.60 bits per heavy atom. The molecule has 8 nitrogen and oxygen atoms in total. The van der Waals surface area contributed by atoms with Gasteiger partial charge in [-0.25, -0.2) is 4.98 Å². The molecule has 0 atom stereocenters. The van der Waals surface area contributed by atoms with Crippen molar-refractivity contribution in [2.45, 2.75) is 0 Å². The number of nitrogens with one attached hydrogen (secondary N) is 1. The first-order valence-corrected chi connectivity index (χ1v) is 8.00. The summed E-state index contributed by atoms with van der Waals surface area (Å²) in [6.07, 6.45) is 2.60. The molecule has 1 aliphatic rings. The number of nitrogens with zero attached hydrogens (tertiary/aromatic N) is 4. The van der Waals surface area contributed by atoms with Crippen LogP contribution in [0, 0.1) is 0 Å². The average molecular weight is 343 g/mol. The summed E-state index contributed by atoms with van der Waals surface area (Å²) in [7, 11) is 3.22. The summed E-state index contributed by atoms with van der Waals surface area (Å²) in [5.41, 5.74) is 0.727. The van der Waals surface area contributed by atoms with Crippen LogP contribution in [0.5, 0.6) is 11.5 Å². The highest BCUT2D eigenvalue weighted by molar-refractivity contribution is 5.65. The summed E-state index contributed by atoms with van der Waals surface area (Å²) in [6.45, 7) is 2.88. The average Bonchev–Trinajstić information content (AvgIpc) is 2.68. The van der Waals surface area contributed by atoms with Crippen LogP contribution in [0.25, 0.3) is 0 Å². The van der Waals surface area contributed by atoms with Crippen molar-refractivity contribution in [1.82, 2.24) is 14.9 Å². The van der Waals surface area contributed by atoms with E-state index in [1.54, 1.807) is 25.3 Å². The predicted octanol–water partition coefficient (Wildman–Crippen LogP) is 1.52. The molecule has 2 aromatic rings. The number of anilines is 3.